The molecule has 1 heterocycles. The highest BCUT2D eigenvalue weighted by atomic mass is 32.1. The van der Waals surface area contributed by atoms with Crippen LogP contribution in [0.5, 0.6) is 0 Å². The summed E-state index contributed by atoms with van der Waals surface area (Å²) in [6, 6.07) is 11.4. The van der Waals surface area contributed by atoms with Crippen molar-refractivity contribution < 1.29 is 0 Å². The standard InChI is InChI=1S/C15H20N2S/c1-3-7-14(13-8-5-4-6-9-13)17-12(2)15-10-18-11-16-15/h4-6,8-12,14,17H,3,7H2,1-2H3. The maximum absolute atomic E-state index is 4.38. The molecule has 1 N–H and O–H groups in total. The summed E-state index contributed by atoms with van der Waals surface area (Å²) in [7, 11) is 0. The zero-order valence-corrected chi connectivity index (χ0v) is 11.8. The molecule has 0 aliphatic carbocycles. The lowest BCUT2D eigenvalue weighted by atomic mass is 10.0. The monoisotopic (exact) mass is 260 g/mol. The van der Waals surface area contributed by atoms with Crippen LogP contribution in [0.1, 0.15) is 50.0 Å². The Morgan fingerprint density at radius 3 is 2.67 bits per heavy atom. The van der Waals surface area contributed by atoms with Crippen molar-refractivity contribution in [2.45, 2.75) is 38.8 Å². The molecule has 0 spiro atoms. The Bertz CT molecular complexity index is 439. The van der Waals surface area contributed by atoms with E-state index >= 15 is 0 Å². The molecule has 2 aromatic rings. The molecule has 0 fully saturated rings. The van der Waals surface area contributed by atoms with Gasteiger partial charge in [-0.05, 0) is 18.9 Å². The third-order valence-corrected chi connectivity index (χ3v) is 3.73. The van der Waals surface area contributed by atoms with Crippen LogP contribution in [0.25, 0.3) is 0 Å². The second-order valence-corrected chi connectivity index (χ2v) is 5.27. The normalized spacial score (nSPS) is 14.3. The SMILES string of the molecule is CCCC(NC(C)c1cscn1)c1ccccc1. The molecule has 2 atom stereocenters. The van der Waals surface area contributed by atoms with Gasteiger partial charge in [-0.1, -0.05) is 43.7 Å². The molecule has 2 unspecified atom stereocenters. The van der Waals surface area contributed by atoms with Gasteiger partial charge in [-0.3, -0.25) is 0 Å². The molecule has 18 heavy (non-hydrogen) atoms. The maximum Gasteiger partial charge on any atom is 0.0795 e. The summed E-state index contributed by atoms with van der Waals surface area (Å²) in [5, 5.41) is 5.80. The summed E-state index contributed by atoms with van der Waals surface area (Å²) in [6.45, 7) is 4.41. The fourth-order valence-electron chi connectivity index (χ4n) is 2.14. The molecule has 0 bridgehead atoms. The first kappa shape index (κ1) is 13.2. The van der Waals surface area contributed by atoms with Crippen LogP contribution >= 0.6 is 11.3 Å². The summed E-state index contributed by atoms with van der Waals surface area (Å²) in [6.07, 6.45) is 2.33. The number of hydrogen-bond acceptors (Lipinski definition) is 3. The molecule has 2 nitrogen and oxygen atoms in total. The molecule has 96 valence electrons. The highest BCUT2D eigenvalue weighted by Crippen LogP contribution is 2.23. The van der Waals surface area contributed by atoms with E-state index in [1.165, 1.54) is 12.0 Å². The predicted octanol–water partition coefficient (Wildman–Crippen LogP) is 4.34. The Balaban J connectivity index is 2.07. The number of rotatable bonds is 6. The number of thiazole rings is 1. The van der Waals surface area contributed by atoms with Gasteiger partial charge in [-0.25, -0.2) is 4.98 Å². The van der Waals surface area contributed by atoms with Gasteiger partial charge in [0, 0.05) is 17.5 Å². The summed E-state index contributed by atoms with van der Waals surface area (Å²) < 4.78 is 0. The number of hydrogen-bond donors (Lipinski definition) is 1. The van der Waals surface area contributed by atoms with Crippen molar-refractivity contribution in [2.24, 2.45) is 0 Å². The Morgan fingerprint density at radius 2 is 2.06 bits per heavy atom. The van der Waals surface area contributed by atoms with E-state index in [2.05, 4.69) is 59.9 Å². The number of nitrogens with zero attached hydrogens (tertiary/aromatic N) is 1. The van der Waals surface area contributed by atoms with Crippen molar-refractivity contribution >= 4 is 11.3 Å². The minimum atomic E-state index is 0.299. The smallest absolute Gasteiger partial charge is 0.0795 e. The number of nitrogens with one attached hydrogen (secondary N) is 1. The van der Waals surface area contributed by atoms with E-state index in [1.54, 1.807) is 11.3 Å². The van der Waals surface area contributed by atoms with Gasteiger partial charge in [0.1, 0.15) is 0 Å². The van der Waals surface area contributed by atoms with Crippen molar-refractivity contribution in [3.8, 4) is 0 Å². The van der Waals surface area contributed by atoms with Crippen LogP contribution in [-0.4, -0.2) is 4.98 Å². The second kappa shape index (κ2) is 6.66. The van der Waals surface area contributed by atoms with E-state index in [-0.39, 0.29) is 0 Å². The molecular weight excluding hydrogens is 240 g/mol. The van der Waals surface area contributed by atoms with Crippen LogP contribution in [0.4, 0.5) is 0 Å². The van der Waals surface area contributed by atoms with Gasteiger partial charge in [0.25, 0.3) is 0 Å². The molecular formula is C15H20N2S. The van der Waals surface area contributed by atoms with Crippen LogP contribution in [0.3, 0.4) is 0 Å². The average Bonchev–Trinajstić information content (AvgIpc) is 2.93. The van der Waals surface area contributed by atoms with Crippen molar-refractivity contribution in [1.82, 2.24) is 10.3 Å². The Labute approximate surface area is 113 Å². The summed E-state index contributed by atoms with van der Waals surface area (Å²) in [5.74, 6) is 0. The predicted molar refractivity (Wildman–Crippen MR) is 77.8 cm³/mol. The molecule has 0 saturated heterocycles. The fourth-order valence-corrected chi connectivity index (χ4v) is 2.79. The zero-order chi connectivity index (χ0) is 12.8. The van der Waals surface area contributed by atoms with Crippen LogP contribution in [0.2, 0.25) is 0 Å². The average molecular weight is 260 g/mol. The molecule has 0 saturated carbocycles. The Kier molecular flexibility index (Phi) is 4.90. The number of benzene rings is 1. The molecule has 1 aromatic carbocycles. The van der Waals surface area contributed by atoms with Crippen molar-refractivity contribution in [2.75, 3.05) is 0 Å². The van der Waals surface area contributed by atoms with E-state index in [4.69, 9.17) is 0 Å². The van der Waals surface area contributed by atoms with Crippen molar-refractivity contribution in [3.05, 3.63) is 52.5 Å². The van der Waals surface area contributed by atoms with E-state index < -0.39 is 0 Å². The lowest BCUT2D eigenvalue weighted by molar-refractivity contribution is 0.435. The second-order valence-electron chi connectivity index (χ2n) is 4.55. The van der Waals surface area contributed by atoms with Crippen LogP contribution in [-0.2, 0) is 0 Å². The van der Waals surface area contributed by atoms with Gasteiger partial charge in [0.15, 0.2) is 0 Å². The van der Waals surface area contributed by atoms with Gasteiger partial charge in [-0.2, -0.15) is 0 Å². The van der Waals surface area contributed by atoms with Gasteiger partial charge < -0.3 is 5.32 Å². The molecule has 0 radical (unpaired) electrons. The molecule has 2 rings (SSSR count). The van der Waals surface area contributed by atoms with Crippen LogP contribution in [0, 0.1) is 0 Å². The van der Waals surface area contributed by atoms with E-state index in [0.717, 1.165) is 12.1 Å². The van der Waals surface area contributed by atoms with Gasteiger partial charge >= 0.3 is 0 Å². The molecule has 0 aliphatic heterocycles. The van der Waals surface area contributed by atoms with Gasteiger partial charge in [-0.15, -0.1) is 11.3 Å². The zero-order valence-electron chi connectivity index (χ0n) is 11.0. The maximum atomic E-state index is 4.38. The van der Waals surface area contributed by atoms with Gasteiger partial charge in [0.05, 0.1) is 11.2 Å². The molecule has 3 heteroatoms. The van der Waals surface area contributed by atoms with E-state index in [0.29, 0.717) is 12.1 Å². The first-order valence-corrected chi connectivity index (χ1v) is 7.44. The molecule has 1 aromatic heterocycles. The topological polar surface area (TPSA) is 24.9 Å². The highest BCUT2D eigenvalue weighted by molar-refractivity contribution is 7.07. The minimum absolute atomic E-state index is 0.299. The Morgan fingerprint density at radius 1 is 1.28 bits per heavy atom. The van der Waals surface area contributed by atoms with Crippen molar-refractivity contribution in [1.29, 1.82) is 0 Å². The van der Waals surface area contributed by atoms with E-state index in [1.807, 2.05) is 5.51 Å². The molecule has 0 amide bonds. The first-order valence-electron chi connectivity index (χ1n) is 6.50. The quantitative estimate of drug-likeness (QED) is 0.836. The lowest BCUT2D eigenvalue weighted by Crippen LogP contribution is -2.24. The first-order chi connectivity index (χ1) is 8.81. The third-order valence-electron chi connectivity index (χ3n) is 3.13. The van der Waals surface area contributed by atoms with Crippen LogP contribution < -0.4 is 5.32 Å². The Hall–Kier alpha value is -1.19. The van der Waals surface area contributed by atoms with Gasteiger partial charge in [0.2, 0.25) is 0 Å². The third kappa shape index (κ3) is 3.40. The molecule has 0 aliphatic rings. The minimum Gasteiger partial charge on any atom is -0.302 e. The largest absolute Gasteiger partial charge is 0.302 e. The van der Waals surface area contributed by atoms with Crippen molar-refractivity contribution in [3.63, 3.8) is 0 Å². The lowest BCUT2D eigenvalue weighted by Gasteiger charge is -2.22. The summed E-state index contributed by atoms with van der Waals surface area (Å²) in [4.78, 5) is 4.38. The van der Waals surface area contributed by atoms with E-state index in [9.17, 15) is 0 Å². The summed E-state index contributed by atoms with van der Waals surface area (Å²) in [5.41, 5.74) is 4.39. The number of aromatic nitrogens is 1. The van der Waals surface area contributed by atoms with Crippen LogP contribution in [0.15, 0.2) is 41.2 Å². The fraction of sp³-hybridized carbons (Fsp3) is 0.400. The highest BCUT2D eigenvalue weighted by Gasteiger charge is 2.15. The summed E-state index contributed by atoms with van der Waals surface area (Å²) >= 11 is 1.65.